The second-order valence-corrected chi connectivity index (χ2v) is 2.56. The van der Waals surface area contributed by atoms with Crippen molar-refractivity contribution in [2.75, 3.05) is 12.3 Å². The van der Waals surface area contributed by atoms with E-state index < -0.39 is 11.9 Å². The van der Waals surface area contributed by atoms with Crippen LogP contribution in [0.3, 0.4) is 0 Å². The fourth-order valence-corrected chi connectivity index (χ4v) is 0.982. The molecule has 1 aromatic rings. The maximum Gasteiger partial charge on any atom is 0.125 e. The maximum absolute atomic E-state index is 12.5. The van der Waals surface area contributed by atoms with Crippen molar-refractivity contribution in [2.45, 2.75) is 6.04 Å². The van der Waals surface area contributed by atoms with Crippen LogP contribution in [0.2, 0.25) is 0 Å². The van der Waals surface area contributed by atoms with E-state index in [2.05, 4.69) is 0 Å². The molecular formula is C8H11FN2O. The molecule has 0 saturated carbocycles. The lowest BCUT2D eigenvalue weighted by Gasteiger charge is -2.10. The van der Waals surface area contributed by atoms with Gasteiger partial charge in [0.25, 0.3) is 0 Å². The van der Waals surface area contributed by atoms with E-state index in [1.807, 2.05) is 0 Å². The van der Waals surface area contributed by atoms with E-state index in [1.54, 1.807) is 0 Å². The highest BCUT2D eigenvalue weighted by atomic mass is 19.1. The fourth-order valence-electron chi connectivity index (χ4n) is 0.982. The van der Waals surface area contributed by atoms with Crippen LogP contribution in [0.1, 0.15) is 11.6 Å². The Bertz CT molecular complexity index is 278. The Morgan fingerprint density at radius 2 is 2.17 bits per heavy atom. The van der Waals surface area contributed by atoms with Gasteiger partial charge in [0, 0.05) is 5.69 Å². The van der Waals surface area contributed by atoms with Crippen LogP contribution < -0.4 is 11.5 Å². The Labute approximate surface area is 69.8 Å². The van der Waals surface area contributed by atoms with Gasteiger partial charge < -0.3 is 16.6 Å². The molecule has 0 fully saturated rings. The van der Waals surface area contributed by atoms with Crippen LogP contribution in [0, 0.1) is 5.82 Å². The van der Waals surface area contributed by atoms with E-state index in [4.69, 9.17) is 16.6 Å². The summed E-state index contributed by atoms with van der Waals surface area (Å²) < 4.78 is 12.5. The van der Waals surface area contributed by atoms with Gasteiger partial charge in [-0.25, -0.2) is 4.39 Å². The standard InChI is InChI=1S/C8H11FN2O/c9-5-1-2-6(7(10)3-5)8(11)4-12/h1-3,8,12H,4,10-11H2/t8-/m1/s1. The van der Waals surface area contributed by atoms with Gasteiger partial charge in [-0.1, -0.05) is 6.07 Å². The summed E-state index contributed by atoms with van der Waals surface area (Å²) in [5.41, 5.74) is 11.8. The van der Waals surface area contributed by atoms with Crippen LogP contribution in [0.25, 0.3) is 0 Å². The van der Waals surface area contributed by atoms with Gasteiger partial charge >= 0.3 is 0 Å². The highest BCUT2D eigenvalue weighted by Crippen LogP contribution is 2.18. The number of anilines is 1. The lowest BCUT2D eigenvalue weighted by Crippen LogP contribution is -2.16. The van der Waals surface area contributed by atoms with Gasteiger partial charge in [0.05, 0.1) is 12.6 Å². The first-order chi connectivity index (χ1) is 5.65. The largest absolute Gasteiger partial charge is 0.398 e. The highest BCUT2D eigenvalue weighted by molar-refractivity contribution is 5.48. The van der Waals surface area contributed by atoms with Crippen molar-refractivity contribution in [1.82, 2.24) is 0 Å². The molecule has 0 aromatic heterocycles. The first-order valence-electron chi connectivity index (χ1n) is 3.56. The molecule has 0 aliphatic carbocycles. The summed E-state index contributed by atoms with van der Waals surface area (Å²) in [5, 5.41) is 8.71. The summed E-state index contributed by atoms with van der Waals surface area (Å²) in [6, 6.07) is 3.39. The zero-order chi connectivity index (χ0) is 9.14. The number of hydrogen-bond acceptors (Lipinski definition) is 3. The van der Waals surface area contributed by atoms with Crippen LogP contribution >= 0.6 is 0 Å². The Hall–Kier alpha value is -1.13. The van der Waals surface area contributed by atoms with E-state index >= 15 is 0 Å². The van der Waals surface area contributed by atoms with Gasteiger partial charge in [-0.05, 0) is 17.7 Å². The highest BCUT2D eigenvalue weighted by Gasteiger charge is 2.08. The van der Waals surface area contributed by atoms with Crippen LogP contribution in [0.4, 0.5) is 10.1 Å². The SMILES string of the molecule is Nc1cc(F)ccc1[C@H](N)CO. The van der Waals surface area contributed by atoms with Crippen LogP contribution in [-0.2, 0) is 0 Å². The number of halogens is 1. The van der Waals surface area contributed by atoms with Crippen molar-refractivity contribution >= 4 is 5.69 Å². The number of nitrogen functional groups attached to an aromatic ring is 1. The summed E-state index contributed by atoms with van der Waals surface area (Å²) in [6.07, 6.45) is 0. The van der Waals surface area contributed by atoms with Gasteiger partial charge in [0.15, 0.2) is 0 Å². The molecule has 0 heterocycles. The smallest absolute Gasteiger partial charge is 0.125 e. The van der Waals surface area contributed by atoms with E-state index in [1.165, 1.54) is 18.2 Å². The number of aliphatic hydroxyl groups excluding tert-OH is 1. The average molecular weight is 170 g/mol. The summed E-state index contributed by atoms with van der Waals surface area (Å²) in [5.74, 6) is -0.401. The minimum absolute atomic E-state index is 0.199. The van der Waals surface area contributed by atoms with E-state index in [9.17, 15) is 4.39 Å². The van der Waals surface area contributed by atoms with Crippen molar-refractivity contribution in [1.29, 1.82) is 0 Å². The average Bonchev–Trinajstić information content (AvgIpc) is 2.03. The van der Waals surface area contributed by atoms with Crippen molar-refractivity contribution in [3.8, 4) is 0 Å². The topological polar surface area (TPSA) is 72.3 Å². The first-order valence-corrected chi connectivity index (χ1v) is 3.56. The molecule has 0 aliphatic rings. The molecule has 0 radical (unpaired) electrons. The number of aliphatic hydroxyl groups is 1. The summed E-state index contributed by atoms with van der Waals surface area (Å²) in [4.78, 5) is 0. The zero-order valence-electron chi connectivity index (χ0n) is 6.50. The molecule has 66 valence electrons. The normalized spacial score (nSPS) is 12.9. The molecule has 0 spiro atoms. The van der Waals surface area contributed by atoms with Crippen LogP contribution in [-0.4, -0.2) is 11.7 Å². The van der Waals surface area contributed by atoms with Gasteiger partial charge in [-0.2, -0.15) is 0 Å². The summed E-state index contributed by atoms with van der Waals surface area (Å²) in [7, 11) is 0. The summed E-state index contributed by atoms with van der Waals surface area (Å²) in [6.45, 7) is -0.199. The third kappa shape index (κ3) is 1.72. The van der Waals surface area contributed by atoms with Gasteiger partial charge in [0.1, 0.15) is 5.82 Å². The quantitative estimate of drug-likeness (QED) is 0.562. The molecule has 0 amide bonds. The molecule has 0 unspecified atom stereocenters. The molecule has 1 atom stereocenters. The van der Waals surface area contributed by atoms with E-state index in [0.29, 0.717) is 5.56 Å². The Morgan fingerprint density at radius 3 is 2.67 bits per heavy atom. The monoisotopic (exact) mass is 170 g/mol. The van der Waals surface area contributed by atoms with E-state index in [-0.39, 0.29) is 12.3 Å². The molecule has 0 bridgehead atoms. The lowest BCUT2D eigenvalue weighted by atomic mass is 10.1. The minimum Gasteiger partial charge on any atom is -0.398 e. The molecule has 1 aromatic carbocycles. The van der Waals surface area contributed by atoms with Crippen LogP contribution in [0.15, 0.2) is 18.2 Å². The lowest BCUT2D eigenvalue weighted by molar-refractivity contribution is 0.268. The zero-order valence-corrected chi connectivity index (χ0v) is 6.50. The third-order valence-electron chi connectivity index (χ3n) is 1.65. The van der Waals surface area contributed by atoms with Crippen molar-refractivity contribution < 1.29 is 9.50 Å². The Morgan fingerprint density at radius 1 is 1.50 bits per heavy atom. The van der Waals surface area contributed by atoms with Gasteiger partial charge in [-0.3, -0.25) is 0 Å². The molecule has 5 N–H and O–H groups in total. The second-order valence-electron chi connectivity index (χ2n) is 2.56. The number of nitrogens with two attached hydrogens (primary N) is 2. The molecule has 0 saturated heterocycles. The first kappa shape index (κ1) is 8.96. The van der Waals surface area contributed by atoms with Crippen molar-refractivity contribution in [2.24, 2.45) is 5.73 Å². The minimum atomic E-state index is -0.536. The summed E-state index contributed by atoms with van der Waals surface area (Å²) >= 11 is 0. The third-order valence-corrected chi connectivity index (χ3v) is 1.65. The van der Waals surface area contributed by atoms with Crippen molar-refractivity contribution in [3.05, 3.63) is 29.6 Å². The second kappa shape index (κ2) is 3.51. The number of benzene rings is 1. The van der Waals surface area contributed by atoms with Gasteiger partial charge in [0.2, 0.25) is 0 Å². The number of hydrogen-bond donors (Lipinski definition) is 3. The Kier molecular flexibility index (Phi) is 2.62. The van der Waals surface area contributed by atoms with Gasteiger partial charge in [-0.15, -0.1) is 0 Å². The van der Waals surface area contributed by atoms with Crippen LogP contribution in [0.5, 0.6) is 0 Å². The maximum atomic E-state index is 12.5. The fraction of sp³-hybridized carbons (Fsp3) is 0.250. The molecule has 4 heteroatoms. The molecule has 1 rings (SSSR count). The molecule has 0 aliphatic heterocycles. The predicted octanol–water partition coefficient (Wildman–Crippen LogP) is 0.400. The van der Waals surface area contributed by atoms with E-state index in [0.717, 1.165) is 0 Å². The van der Waals surface area contributed by atoms with Crippen molar-refractivity contribution in [3.63, 3.8) is 0 Å². The molecule has 3 nitrogen and oxygen atoms in total. The number of rotatable bonds is 2. The molecule has 12 heavy (non-hydrogen) atoms. The predicted molar refractivity (Wildman–Crippen MR) is 44.8 cm³/mol. The molecular weight excluding hydrogens is 159 g/mol. The Balaban J connectivity index is 3.01.